The predicted octanol–water partition coefficient (Wildman–Crippen LogP) is 3.18. The van der Waals surface area contributed by atoms with E-state index < -0.39 is 0 Å². The molecule has 2 rings (SSSR count). The second-order valence-electron chi connectivity index (χ2n) is 6.24. The van der Waals surface area contributed by atoms with Gasteiger partial charge in [0.1, 0.15) is 0 Å². The van der Waals surface area contributed by atoms with Gasteiger partial charge < -0.3 is 15.5 Å². The fourth-order valence-corrected chi connectivity index (χ4v) is 2.80. The molecule has 1 aliphatic heterocycles. The van der Waals surface area contributed by atoms with Crippen LogP contribution in [0.2, 0.25) is 5.02 Å². The van der Waals surface area contributed by atoms with Crippen molar-refractivity contribution in [1.82, 2.24) is 10.2 Å². The predicted molar refractivity (Wildman–Crippen MR) is 100 cm³/mol. The number of nitrogens with one attached hydrogen (secondary N) is 2. The van der Waals surface area contributed by atoms with E-state index in [1.54, 1.807) is 23.1 Å². The van der Waals surface area contributed by atoms with Gasteiger partial charge in [-0.05, 0) is 44.1 Å². The number of amides is 2. The third-order valence-electron chi connectivity index (χ3n) is 4.17. The van der Waals surface area contributed by atoms with Crippen LogP contribution in [0.15, 0.2) is 18.2 Å². The molecule has 0 bridgehead atoms. The summed E-state index contributed by atoms with van der Waals surface area (Å²) in [5.41, 5.74) is 1.02. The van der Waals surface area contributed by atoms with Gasteiger partial charge in [-0.15, -0.1) is 12.4 Å². The minimum absolute atomic E-state index is 0. The van der Waals surface area contributed by atoms with E-state index in [4.69, 9.17) is 11.6 Å². The van der Waals surface area contributed by atoms with E-state index in [1.165, 1.54) is 0 Å². The molecule has 1 aliphatic rings. The van der Waals surface area contributed by atoms with Crippen molar-refractivity contribution in [2.75, 3.05) is 25.5 Å². The van der Waals surface area contributed by atoms with Gasteiger partial charge in [0.2, 0.25) is 5.91 Å². The molecule has 0 unspecified atom stereocenters. The number of rotatable bonds is 4. The second kappa shape index (κ2) is 9.25. The van der Waals surface area contributed by atoms with Crippen LogP contribution >= 0.6 is 24.0 Å². The average molecular weight is 374 g/mol. The number of nitrogens with zero attached hydrogens (tertiary/aromatic N) is 1. The van der Waals surface area contributed by atoms with Crippen molar-refractivity contribution in [3.05, 3.63) is 28.8 Å². The first-order valence-corrected chi connectivity index (χ1v) is 8.36. The minimum Gasteiger partial charge on any atom is -0.339 e. The van der Waals surface area contributed by atoms with E-state index in [2.05, 4.69) is 10.6 Å². The Labute approximate surface area is 154 Å². The fraction of sp³-hybridized carbons (Fsp3) is 0.529. The van der Waals surface area contributed by atoms with Gasteiger partial charge in [0.05, 0.1) is 10.6 Å². The van der Waals surface area contributed by atoms with Crippen LogP contribution in [-0.2, 0) is 4.79 Å². The van der Waals surface area contributed by atoms with Gasteiger partial charge in [0.15, 0.2) is 0 Å². The maximum Gasteiger partial charge on any atom is 0.255 e. The molecule has 2 amide bonds. The molecule has 1 saturated heterocycles. The maximum atomic E-state index is 12.7. The topological polar surface area (TPSA) is 61.4 Å². The van der Waals surface area contributed by atoms with Gasteiger partial charge in [-0.1, -0.05) is 25.4 Å². The van der Waals surface area contributed by atoms with Crippen molar-refractivity contribution in [3.63, 3.8) is 0 Å². The number of carbonyl (C=O) groups is 2. The lowest BCUT2D eigenvalue weighted by molar-refractivity contribution is -0.118. The standard InChI is InChI=1S/C17H24ClN3O2.ClH/c1-11(2)16(22)20-12-4-5-15(18)14(10-12)17(23)21(3)13-6-8-19-9-7-13;/h4-5,10-11,13,19H,6-9H2,1-3H3,(H,20,22);1H. The van der Waals surface area contributed by atoms with Crippen molar-refractivity contribution >= 4 is 41.5 Å². The van der Waals surface area contributed by atoms with Gasteiger partial charge in [0, 0.05) is 24.7 Å². The Hall–Kier alpha value is -1.30. The molecule has 24 heavy (non-hydrogen) atoms. The summed E-state index contributed by atoms with van der Waals surface area (Å²) in [5.74, 6) is -0.317. The number of piperidine rings is 1. The summed E-state index contributed by atoms with van der Waals surface area (Å²) in [5, 5.41) is 6.49. The summed E-state index contributed by atoms with van der Waals surface area (Å²) in [6.45, 7) is 5.48. The third kappa shape index (κ3) is 5.10. The molecule has 0 radical (unpaired) electrons. The second-order valence-corrected chi connectivity index (χ2v) is 6.64. The lowest BCUT2D eigenvalue weighted by Gasteiger charge is -2.32. The number of carbonyl (C=O) groups excluding carboxylic acids is 2. The van der Waals surface area contributed by atoms with E-state index >= 15 is 0 Å². The van der Waals surface area contributed by atoms with E-state index in [1.807, 2.05) is 20.9 Å². The monoisotopic (exact) mass is 373 g/mol. The molecule has 1 aromatic rings. The molecular weight excluding hydrogens is 349 g/mol. The molecule has 1 heterocycles. The zero-order chi connectivity index (χ0) is 17.0. The molecule has 0 atom stereocenters. The average Bonchev–Trinajstić information content (AvgIpc) is 2.56. The Morgan fingerprint density at radius 3 is 2.50 bits per heavy atom. The Morgan fingerprint density at radius 2 is 1.92 bits per heavy atom. The molecule has 134 valence electrons. The highest BCUT2D eigenvalue weighted by Crippen LogP contribution is 2.24. The molecule has 0 aliphatic carbocycles. The van der Waals surface area contributed by atoms with E-state index in [0.29, 0.717) is 16.3 Å². The zero-order valence-electron chi connectivity index (χ0n) is 14.3. The Balaban J connectivity index is 0.00000288. The molecule has 0 spiro atoms. The van der Waals surface area contributed by atoms with Crippen LogP contribution in [0.1, 0.15) is 37.0 Å². The van der Waals surface area contributed by atoms with Gasteiger partial charge in [-0.25, -0.2) is 0 Å². The number of halogens is 2. The lowest BCUT2D eigenvalue weighted by Crippen LogP contribution is -2.44. The largest absolute Gasteiger partial charge is 0.339 e. The highest BCUT2D eigenvalue weighted by atomic mass is 35.5. The third-order valence-corrected chi connectivity index (χ3v) is 4.50. The minimum atomic E-state index is -0.123. The molecule has 0 aromatic heterocycles. The summed E-state index contributed by atoms with van der Waals surface area (Å²) < 4.78 is 0. The molecule has 2 N–H and O–H groups in total. The Kier molecular flexibility index (Phi) is 8.00. The first-order valence-electron chi connectivity index (χ1n) is 7.98. The molecule has 7 heteroatoms. The van der Waals surface area contributed by atoms with Crippen LogP contribution in [0.4, 0.5) is 5.69 Å². The van der Waals surface area contributed by atoms with Crippen molar-refractivity contribution in [2.24, 2.45) is 5.92 Å². The van der Waals surface area contributed by atoms with Crippen molar-refractivity contribution in [2.45, 2.75) is 32.7 Å². The first-order chi connectivity index (χ1) is 10.9. The van der Waals surface area contributed by atoms with Crippen LogP contribution in [0.3, 0.4) is 0 Å². The summed E-state index contributed by atoms with van der Waals surface area (Å²) in [6, 6.07) is 5.24. The van der Waals surface area contributed by atoms with Crippen LogP contribution in [0.5, 0.6) is 0 Å². The summed E-state index contributed by atoms with van der Waals surface area (Å²) >= 11 is 6.20. The lowest BCUT2D eigenvalue weighted by atomic mass is 10.0. The quantitative estimate of drug-likeness (QED) is 0.851. The molecule has 1 fully saturated rings. The smallest absolute Gasteiger partial charge is 0.255 e. The van der Waals surface area contributed by atoms with E-state index in [-0.39, 0.29) is 36.2 Å². The van der Waals surface area contributed by atoms with Crippen molar-refractivity contribution < 1.29 is 9.59 Å². The highest BCUT2D eigenvalue weighted by molar-refractivity contribution is 6.34. The van der Waals surface area contributed by atoms with Crippen LogP contribution in [-0.4, -0.2) is 42.9 Å². The Bertz CT molecular complexity index is 587. The van der Waals surface area contributed by atoms with E-state index in [0.717, 1.165) is 25.9 Å². The van der Waals surface area contributed by atoms with Gasteiger partial charge in [-0.2, -0.15) is 0 Å². The molecule has 1 aromatic carbocycles. The highest BCUT2D eigenvalue weighted by Gasteiger charge is 2.24. The number of hydrogen-bond acceptors (Lipinski definition) is 3. The summed E-state index contributed by atoms with van der Waals surface area (Å²) in [4.78, 5) is 26.3. The van der Waals surface area contributed by atoms with Gasteiger partial charge >= 0.3 is 0 Å². The van der Waals surface area contributed by atoms with Crippen molar-refractivity contribution in [1.29, 1.82) is 0 Å². The van der Waals surface area contributed by atoms with Crippen LogP contribution < -0.4 is 10.6 Å². The number of benzene rings is 1. The van der Waals surface area contributed by atoms with Gasteiger partial charge in [0.25, 0.3) is 5.91 Å². The number of hydrogen-bond donors (Lipinski definition) is 2. The molecule has 5 nitrogen and oxygen atoms in total. The van der Waals surface area contributed by atoms with Crippen LogP contribution in [0.25, 0.3) is 0 Å². The summed E-state index contributed by atoms with van der Waals surface area (Å²) in [7, 11) is 1.81. The first kappa shape index (κ1) is 20.7. The fourth-order valence-electron chi connectivity index (χ4n) is 2.60. The van der Waals surface area contributed by atoms with Crippen LogP contribution in [0, 0.1) is 5.92 Å². The zero-order valence-corrected chi connectivity index (χ0v) is 15.8. The van der Waals surface area contributed by atoms with Gasteiger partial charge in [-0.3, -0.25) is 9.59 Å². The number of anilines is 1. The molecular formula is C17H25Cl2N3O2. The molecule has 0 saturated carbocycles. The normalized spacial score (nSPS) is 14.9. The van der Waals surface area contributed by atoms with Crippen molar-refractivity contribution in [3.8, 4) is 0 Å². The Morgan fingerprint density at radius 1 is 1.29 bits per heavy atom. The summed E-state index contributed by atoms with van der Waals surface area (Å²) in [6.07, 6.45) is 1.87. The maximum absolute atomic E-state index is 12.7. The SMILES string of the molecule is CC(C)C(=O)Nc1ccc(Cl)c(C(=O)N(C)C2CCNCC2)c1.Cl. The van der Waals surface area contributed by atoms with E-state index in [9.17, 15) is 9.59 Å².